The van der Waals surface area contributed by atoms with Crippen molar-refractivity contribution in [1.29, 1.82) is 0 Å². The molecule has 0 atom stereocenters. The molecule has 2 N–H and O–H groups in total. The van der Waals surface area contributed by atoms with E-state index in [2.05, 4.69) is 10.3 Å². The average molecular weight is 370 g/mol. The van der Waals surface area contributed by atoms with Crippen LogP contribution in [0, 0.1) is 0 Å². The van der Waals surface area contributed by atoms with Gasteiger partial charge in [0.1, 0.15) is 5.75 Å². The SMILES string of the molecule is CCOc1ccc(C(=O)NNS(=O)(=O)c2ccc3ccccc3c2)cc1. The van der Waals surface area contributed by atoms with Crippen LogP contribution in [0.5, 0.6) is 5.75 Å². The Balaban J connectivity index is 1.71. The second-order valence-corrected chi connectivity index (χ2v) is 7.21. The molecule has 3 rings (SSSR count). The topological polar surface area (TPSA) is 84.5 Å². The van der Waals surface area contributed by atoms with E-state index in [1.807, 2.05) is 31.2 Å². The third kappa shape index (κ3) is 4.01. The van der Waals surface area contributed by atoms with Gasteiger partial charge in [0.05, 0.1) is 11.5 Å². The van der Waals surface area contributed by atoms with Crippen molar-refractivity contribution in [2.45, 2.75) is 11.8 Å². The van der Waals surface area contributed by atoms with E-state index in [1.54, 1.807) is 36.4 Å². The van der Waals surface area contributed by atoms with Gasteiger partial charge >= 0.3 is 0 Å². The van der Waals surface area contributed by atoms with Crippen LogP contribution in [0.25, 0.3) is 10.8 Å². The highest BCUT2D eigenvalue weighted by molar-refractivity contribution is 7.89. The quantitative estimate of drug-likeness (QED) is 0.654. The van der Waals surface area contributed by atoms with Crippen LogP contribution in [0.3, 0.4) is 0 Å². The zero-order valence-corrected chi connectivity index (χ0v) is 14.9. The van der Waals surface area contributed by atoms with Crippen molar-refractivity contribution in [3.05, 3.63) is 72.3 Å². The van der Waals surface area contributed by atoms with Gasteiger partial charge < -0.3 is 4.74 Å². The maximum absolute atomic E-state index is 12.4. The monoisotopic (exact) mass is 370 g/mol. The summed E-state index contributed by atoms with van der Waals surface area (Å²) in [5.41, 5.74) is 2.53. The summed E-state index contributed by atoms with van der Waals surface area (Å²) in [4.78, 5) is 14.3. The fraction of sp³-hybridized carbons (Fsp3) is 0.105. The number of hydrogen-bond acceptors (Lipinski definition) is 4. The van der Waals surface area contributed by atoms with Crippen LogP contribution in [-0.4, -0.2) is 20.9 Å². The van der Waals surface area contributed by atoms with Gasteiger partial charge in [0.25, 0.3) is 15.9 Å². The van der Waals surface area contributed by atoms with E-state index in [0.717, 1.165) is 10.8 Å². The fourth-order valence-electron chi connectivity index (χ4n) is 2.45. The minimum atomic E-state index is -3.88. The summed E-state index contributed by atoms with van der Waals surface area (Å²) in [6.45, 7) is 2.39. The van der Waals surface area contributed by atoms with Crippen molar-refractivity contribution < 1.29 is 17.9 Å². The number of fused-ring (bicyclic) bond motifs is 1. The lowest BCUT2D eigenvalue weighted by Gasteiger charge is -2.10. The van der Waals surface area contributed by atoms with Crippen molar-refractivity contribution in [1.82, 2.24) is 10.3 Å². The summed E-state index contributed by atoms with van der Waals surface area (Å²) < 4.78 is 30.1. The summed E-state index contributed by atoms with van der Waals surface area (Å²) in [5, 5.41) is 1.73. The summed E-state index contributed by atoms with van der Waals surface area (Å²) in [7, 11) is -3.88. The maximum atomic E-state index is 12.4. The van der Waals surface area contributed by atoms with Crippen LogP contribution in [-0.2, 0) is 10.0 Å². The normalized spacial score (nSPS) is 11.3. The Morgan fingerprint density at radius 1 is 0.962 bits per heavy atom. The predicted molar refractivity (Wildman–Crippen MR) is 99.3 cm³/mol. The Kier molecular flexibility index (Phi) is 5.20. The molecule has 0 fully saturated rings. The smallest absolute Gasteiger partial charge is 0.266 e. The van der Waals surface area contributed by atoms with Gasteiger partial charge in [0.15, 0.2) is 0 Å². The summed E-state index contributed by atoms with van der Waals surface area (Å²) >= 11 is 0. The summed E-state index contributed by atoms with van der Waals surface area (Å²) in [6.07, 6.45) is 0. The van der Waals surface area contributed by atoms with E-state index in [1.165, 1.54) is 6.07 Å². The molecule has 26 heavy (non-hydrogen) atoms. The first-order chi connectivity index (χ1) is 12.5. The molecule has 0 bridgehead atoms. The molecule has 0 saturated heterocycles. The molecule has 0 spiro atoms. The summed E-state index contributed by atoms with van der Waals surface area (Å²) in [5.74, 6) is 0.0817. The number of carbonyl (C=O) groups is 1. The third-order valence-corrected chi connectivity index (χ3v) is 5.00. The summed E-state index contributed by atoms with van der Waals surface area (Å²) in [6, 6.07) is 18.6. The largest absolute Gasteiger partial charge is 0.494 e. The van der Waals surface area contributed by atoms with Gasteiger partial charge in [0.2, 0.25) is 0 Å². The van der Waals surface area contributed by atoms with E-state index in [4.69, 9.17) is 4.74 Å². The molecule has 7 heteroatoms. The molecule has 0 radical (unpaired) electrons. The van der Waals surface area contributed by atoms with Gasteiger partial charge in [-0.25, -0.2) is 8.42 Å². The van der Waals surface area contributed by atoms with Crippen LogP contribution in [0.15, 0.2) is 71.6 Å². The standard InChI is InChI=1S/C19H18N2O4S/c1-2-25-17-10-7-15(8-11-17)19(22)20-21-26(23,24)18-12-9-14-5-3-4-6-16(14)13-18/h3-13,21H,2H2,1H3,(H,20,22). The van der Waals surface area contributed by atoms with Crippen LogP contribution in [0.1, 0.15) is 17.3 Å². The lowest BCUT2D eigenvalue weighted by atomic mass is 10.1. The first-order valence-corrected chi connectivity index (χ1v) is 9.52. The molecule has 3 aromatic rings. The second-order valence-electron chi connectivity index (χ2n) is 5.53. The number of amides is 1. The number of benzene rings is 3. The molecule has 3 aromatic carbocycles. The molecular weight excluding hydrogens is 352 g/mol. The molecule has 1 amide bonds. The number of carbonyl (C=O) groups excluding carboxylic acids is 1. The van der Waals surface area contributed by atoms with Gasteiger partial charge in [-0.1, -0.05) is 30.3 Å². The Bertz CT molecular complexity index is 1030. The molecule has 0 unspecified atom stereocenters. The predicted octanol–water partition coefficient (Wildman–Crippen LogP) is 2.86. The maximum Gasteiger partial charge on any atom is 0.266 e. The lowest BCUT2D eigenvalue weighted by molar-refractivity contribution is 0.0945. The van der Waals surface area contributed by atoms with Gasteiger partial charge in [-0.2, -0.15) is 0 Å². The Morgan fingerprint density at radius 2 is 1.65 bits per heavy atom. The van der Waals surface area contributed by atoms with Crippen molar-refractivity contribution >= 4 is 26.7 Å². The van der Waals surface area contributed by atoms with E-state index >= 15 is 0 Å². The van der Waals surface area contributed by atoms with E-state index in [0.29, 0.717) is 17.9 Å². The molecular formula is C19H18N2O4S. The highest BCUT2D eigenvalue weighted by Crippen LogP contribution is 2.18. The minimum absolute atomic E-state index is 0.0724. The van der Waals surface area contributed by atoms with Gasteiger partial charge in [-0.05, 0) is 54.1 Å². The Morgan fingerprint density at radius 3 is 2.35 bits per heavy atom. The number of nitrogens with one attached hydrogen (secondary N) is 2. The van der Waals surface area contributed by atoms with Crippen molar-refractivity contribution in [3.8, 4) is 5.75 Å². The molecule has 6 nitrogen and oxygen atoms in total. The Hall–Kier alpha value is -2.90. The van der Waals surface area contributed by atoms with Gasteiger partial charge in [-0.15, -0.1) is 4.83 Å². The molecule has 134 valence electrons. The van der Waals surface area contributed by atoms with Crippen molar-refractivity contribution in [3.63, 3.8) is 0 Å². The number of hydrazine groups is 1. The van der Waals surface area contributed by atoms with E-state index in [-0.39, 0.29) is 4.90 Å². The molecule has 0 aliphatic carbocycles. The molecule has 0 aliphatic heterocycles. The second kappa shape index (κ2) is 7.55. The Labute approximate surface area is 151 Å². The highest BCUT2D eigenvalue weighted by Gasteiger charge is 2.16. The first kappa shape index (κ1) is 17.9. The zero-order valence-electron chi connectivity index (χ0n) is 14.1. The molecule has 0 heterocycles. The van der Waals surface area contributed by atoms with Crippen molar-refractivity contribution in [2.75, 3.05) is 6.61 Å². The molecule has 0 aliphatic rings. The van der Waals surface area contributed by atoms with Crippen LogP contribution in [0.4, 0.5) is 0 Å². The van der Waals surface area contributed by atoms with Gasteiger partial charge in [0, 0.05) is 5.56 Å². The van der Waals surface area contributed by atoms with Crippen LogP contribution < -0.4 is 15.0 Å². The van der Waals surface area contributed by atoms with Crippen LogP contribution >= 0.6 is 0 Å². The van der Waals surface area contributed by atoms with Crippen molar-refractivity contribution in [2.24, 2.45) is 0 Å². The average Bonchev–Trinajstić information content (AvgIpc) is 2.66. The van der Waals surface area contributed by atoms with E-state index < -0.39 is 15.9 Å². The number of hydrogen-bond donors (Lipinski definition) is 2. The minimum Gasteiger partial charge on any atom is -0.494 e. The molecule has 0 aromatic heterocycles. The van der Waals surface area contributed by atoms with Crippen LogP contribution in [0.2, 0.25) is 0 Å². The lowest BCUT2D eigenvalue weighted by Crippen LogP contribution is -2.41. The van der Waals surface area contributed by atoms with E-state index in [9.17, 15) is 13.2 Å². The number of rotatable bonds is 6. The number of sulfonamides is 1. The molecule has 0 saturated carbocycles. The highest BCUT2D eigenvalue weighted by atomic mass is 32.2. The number of ether oxygens (including phenoxy) is 1. The fourth-order valence-corrected chi connectivity index (χ4v) is 3.32. The van der Waals surface area contributed by atoms with Gasteiger partial charge in [-0.3, -0.25) is 10.2 Å². The zero-order chi connectivity index (χ0) is 18.6. The third-order valence-electron chi connectivity index (χ3n) is 3.76. The first-order valence-electron chi connectivity index (χ1n) is 8.03.